The van der Waals surface area contributed by atoms with Crippen LogP contribution in [-0.4, -0.2) is 27.9 Å². The van der Waals surface area contributed by atoms with Gasteiger partial charge in [-0.05, 0) is 61.5 Å². The number of carboxylic acid groups (broad SMARTS) is 1. The molecule has 9 heteroatoms. The van der Waals surface area contributed by atoms with Gasteiger partial charge in [0, 0.05) is 11.6 Å². The Morgan fingerprint density at radius 2 is 1.97 bits per heavy atom. The zero-order chi connectivity index (χ0) is 22.8. The maximum absolute atomic E-state index is 13.0. The first kappa shape index (κ1) is 22.1. The lowest BCUT2D eigenvalue weighted by Gasteiger charge is -2.15. The van der Waals surface area contributed by atoms with Crippen molar-refractivity contribution in [2.75, 3.05) is 11.5 Å². The van der Waals surface area contributed by atoms with Gasteiger partial charge in [-0.3, -0.25) is 9.69 Å². The fraction of sp³-hybridized carbons (Fsp3) is 0.0870. The minimum atomic E-state index is -1.06. The Hall–Kier alpha value is -3.07. The topological polar surface area (TPSA) is 80.0 Å². The highest BCUT2D eigenvalue weighted by Gasteiger charge is 2.33. The highest BCUT2D eigenvalue weighted by molar-refractivity contribution is 8.27. The number of thioether (sulfide) groups is 1. The number of aromatic carboxylic acids is 1. The number of ether oxygens (including phenoxy) is 1. The van der Waals surface area contributed by atoms with Crippen LogP contribution in [0, 0.1) is 0 Å². The maximum atomic E-state index is 13.0. The molecule has 2 heterocycles. The number of benzene rings is 2. The molecule has 32 heavy (non-hydrogen) atoms. The van der Waals surface area contributed by atoms with Crippen LogP contribution in [0.15, 0.2) is 63.9 Å². The van der Waals surface area contributed by atoms with E-state index in [-0.39, 0.29) is 11.5 Å². The van der Waals surface area contributed by atoms with Crippen LogP contribution in [-0.2, 0) is 4.79 Å². The lowest BCUT2D eigenvalue weighted by atomic mass is 10.1. The number of hydrogen-bond donors (Lipinski definition) is 1. The molecule has 2 aromatic carbocycles. The van der Waals surface area contributed by atoms with Crippen molar-refractivity contribution in [3.8, 4) is 17.1 Å². The van der Waals surface area contributed by atoms with Gasteiger partial charge in [0.05, 0.1) is 27.8 Å². The van der Waals surface area contributed by atoms with Crippen LogP contribution in [0.25, 0.3) is 17.4 Å². The van der Waals surface area contributed by atoms with Crippen LogP contribution in [0.3, 0.4) is 0 Å². The maximum Gasteiger partial charge on any atom is 0.335 e. The molecule has 1 aliphatic heterocycles. The summed E-state index contributed by atoms with van der Waals surface area (Å²) in [5.74, 6) is 0.210. The van der Waals surface area contributed by atoms with E-state index in [4.69, 9.17) is 33.0 Å². The van der Waals surface area contributed by atoms with Gasteiger partial charge in [-0.2, -0.15) is 0 Å². The van der Waals surface area contributed by atoms with E-state index in [9.17, 15) is 14.7 Å². The SMILES string of the molecule is CCOc1ccc(N2C(=O)/C(=C/c3ccc(-c4cc(C(=O)O)ccc4Cl)o3)SC2=S)cc1. The zero-order valence-electron chi connectivity index (χ0n) is 16.7. The molecule has 0 radical (unpaired) electrons. The quantitative estimate of drug-likeness (QED) is 0.333. The van der Waals surface area contributed by atoms with Gasteiger partial charge in [0.1, 0.15) is 17.3 Å². The van der Waals surface area contributed by atoms with Gasteiger partial charge in [-0.25, -0.2) is 4.79 Å². The standard InChI is InChI=1S/C23H16ClNO5S2/c1-2-29-15-6-4-14(5-7-15)25-21(26)20(32-23(25)31)12-16-8-10-19(30-16)17-11-13(22(27)28)3-9-18(17)24/h3-12H,2H2,1H3,(H,27,28)/b20-12-. The van der Waals surface area contributed by atoms with Gasteiger partial charge in [0.25, 0.3) is 5.91 Å². The van der Waals surface area contributed by atoms with Crippen LogP contribution in [0.2, 0.25) is 5.02 Å². The van der Waals surface area contributed by atoms with Crippen LogP contribution < -0.4 is 9.64 Å². The van der Waals surface area contributed by atoms with Crippen molar-refractivity contribution in [1.29, 1.82) is 0 Å². The molecule has 0 bridgehead atoms. The normalized spacial score (nSPS) is 14.9. The number of furan rings is 1. The number of halogens is 1. The fourth-order valence-electron chi connectivity index (χ4n) is 3.10. The molecule has 0 atom stereocenters. The third kappa shape index (κ3) is 4.43. The van der Waals surface area contributed by atoms with Crippen molar-refractivity contribution in [2.24, 2.45) is 0 Å². The summed E-state index contributed by atoms with van der Waals surface area (Å²) in [6.45, 7) is 2.46. The molecule has 0 saturated carbocycles. The second-order valence-electron chi connectivity index (χ2n) is 6.65. The van der Waals surface area contributed by atoms with E-state index in [0.717, 1.165) is 0 Å². The van der Waals surface area contributed by atoms with Crippen LogP contribution in [0.4, 0.5) is 5.69 Å². The number of carboxylic acids is 1. The Labute approximate surface area is 198 Å². The first-order valence-corrected chi connectivity index (χ1v) is 11.1. The molecule has 6 nitrogen and oxygen atoms in total. The molecule has 1 N–H and O–H groups in total. The molecule has 1 aliphatic rings. The molecule has 0 spiro atoms. The van der Waals surface area contributed by atoms with Crippen molar-refractivity contribution in [3.05, 3.63) is 75.8 Å². The number of rotatable bonds is 6. The third-order valence-corrected chi connectivity index (χ3v) is 6.21. The van der Waals surface area contributed by atoms with Crippen molar-refractivity contribution in [1.82, 2.24) is 0 Å². The summed E-state index contributed by atoms with van der Waals surface area (Å²) in [5, 5.41) is 9.57. The van der Waals surface area contributed by atoms with E-state index in [1.807, 2.05) is 6.92 Å². The van der Waals surface area contributed by atoms with Gasteiger partial charge < -0.3 is 14.3 Å². The Morgan fingerprint density at radius 3 is 2.66 bits per heavy atom. The Bertz CT molecular complexity index is 1250. The minimum absolute atomic E-state index is 0.0959. The molecule has 0 aliphatic carbocycles. The van der Waals surface area contributed by atoms with E-state index < -0.39 is 5.97 Å². The van der Waals surface area contributed by atoms with E-state index in [1.54, 1.807) is 42.5 Å². The largest absolute Gasteiger partial charge is 0.494 e. The molecular weight excluding hydrogens is 470 g/mol. The van der Waals surface area contributed by atoms with Crippen LogP contribution in [0.5, 0.6) is 5.75 Å². The van der Waals surface area contributed by atoms with Gasteiger partial charge in [-0.1, -0.05) is 35.6 Å². The average Bonchev–Trinajstić information content (AvgIpc) is 3.33. The Morgan fingerprint density at radius 1 is 1.22 bits per heavy atom. The number of thiocarbonyl (C=S) groups is 1. The summed E-state index contributed by atoms with van der Waals surface area (Å²) < 4.78 is 11.7. The van der Waals surface area contributed by atoms with Gasteiger partial charge in [0.15, 0.2) is 4.32 Å². The lowest BCUT2D eigenvalue weighted by molar-refractivity contribution is -0.113. The minimum Gasteiger partial charge on any atom is -0.494 e. The predicted octanol–water partition coefficient (Wildman–Crippen LogP) is 6.10. The molecule has 1 saturated heterocycles. The summed E-state index contributed by atoms with van der Waals surface area (Å²) in [6.07, 6.45) is 1.60. The first-order chi connectivity index (χ1) is 15.4. The number of carbonyl (C=O) groups is 2. The number of anilines is 1. The highest BCUT2D eigenvalue weighted by Crippen LogP contribution is 2.37. The van der Waals surface area contributed by atoms with E-state index in [0.29, 0.717) is 49.4 Å². The molecular formula is C23H16ClNO5S2. The van der Waals surface area contributed by atoms with Crippen molar-refractivity contribution < 1.29 is 23.8 Å². The second kappa shape index (κ2) is 9.20. The number of amides is 1. The molecule has 1 fully saturated rings. The first-order valence-electron chi connectivity index (χ1n) is 9.51. The van der Waals surface area contributed by atoms with Gasteiger partial charge in [-0.15, -0.1) is 0 Å². The van der Waals surface area contributed by atoms with E-state index in [1.165, 1.54) is 34.9 Å². The summed E-state index contributed by atoms with van der Waals surface area (Å²) >= 11 is 12.8. The average molecular weight is 486 g/mol. The van der Waals surface area contributed by atoms with Crippen LogP contribution >= 0.6 is 35.6 Å². The lowest BCUT2D eigenvalue weighted by Crippen LogP contribution is -2.27. The molecule has 0 unspecified atom stereocenters. The van der Waals surface area contributed by atoms with Gasteiger partial charge >= 0.3 is 5.97 Å². The summed E-state index contributed by atoms with van der Waals surface area (Å²) in [4.78, 5) is 26.1. The second-order valence-corrected chi connectivity index (χ2v) is 8.73. The summed E-state index contributed by atoms with van der Waals surface area (Å²) in [5.41, 5.74) is 1.20. The van der Waals surface area contributed by atoms with Crippen molar-refractivity contribution in [2.45, 2.75) is 6.92 Å². The van der Waals surface area contributed by atoms with Crippen molar-refractivity contribution >= 4 is 63.5 Å². The Kier molecular flexibility index (Phi) is 6.36. The summed E-state index contributed by atoms with van der Waals surface area (Å²) in [6, 6.07) is 14.9. The van der Waals surface area contributed by atoms with Crippen molar-refractivity contribution in [3.63, 3.8) is 0 Å². The molecule has 162 valence electrons. The highest BCUT2D eigenvalue weighted by atomic mass is 35.5. The van der Waals surface area contributed by atoms with Gasteiger partial charge in [0.2, 0.25) is 0 Å². The molecule has 1 aromatic heterocycles. The molecule has 1 amide bonds. The van der Waals surface area contributed by atoms with Crippen LogP contribution in [0.1, 0.15) is 23.0 Å². The smallest absolute Gasteiger partial charge is 0.335 e. The van der Waals surface area contributed by atoms with E-state index in [2.05, 4.69) is 0 Å². The monoisotopic (exact) mass is 485 g/mol. The molecule has 4 rings (SSSR count). The number of hydrogen-bond acceptors (Lipinski definition) is 6. The zero-order valence-corrected chi connectivity index (χ0v) is 19.1. The molecule has 3 aromatic rings. The third-order valence-electron chi connectivity index (χ3n) is 4.58. The van der Waals surface area contributed by atoms with E-state index >= 15 is 0 Å². The number of nitrogens with zero attached hydrogens (tertiary/aromatic N) is 1. The fourth-order valence-corrected chi connectivity index (χ4v) is 4.59. The summed E-state index contributed by atoms with van der Waals surface area (Å²) in [7, 11) is 0. The number of carbonyl (C=O) groups excluding carboxylic acids is 1. The predicted molar refractivity (Wildman–Crippen MR) is 129 cm³/mol. The Balaban J connectivity index is 1.59.